The molecule has 1 amide bonds. The third kappa shape index (κ3) is 5.26. The van der Waals surface area contributed by atoms with Gasteiger partial charge >= 0.3 is 5.97 Å². The Hall–Kier alpha value is -3.61. The summed E-state index contributed by atoms with van der Waals surface area (Å²) in [6, 6.07) is 7.91. The van der Waals surface area contributed by atoms with Gasteiger partial charge in [0, 0.05) is 18.7 Å². The second kappa shape index (κ2) is 9.73. The van der Waals surface area contributed by atoms with Crippen LogP contribution in [0.25, 0.3) is 5.57 Å². The van der Waals surface area contributed by atoms with Crippen LogP contribution in [0.4, 0.5) is 0 Å². The van der Waals surface area contributed by atoms with Crippen LogP contribution in [-0.2, 0) is 6.42 Å². The first-order valence-electron chi connectivity index (χ1n) is 9.67. The molecule has 0 unspecified atom stereocenters. The molecule has 2 N–H and O–H groups in total. The summed E-state index contributed by atoms with van der Waals surface area (Å²) in [5.74, 6) is -2.06. The number of nitrogens with one attached hydrogen (secondary N) is 1. The lowest BCUT2D eigenvalue weighted by Gasteiger charge is -2.13. The largest absolute Gasteiger partial charge is 0.497 e. The van der Waals surface area contributed by atoms with Crippen molar-refractivity contribution in [1.29, 1.82) is 0 Å². The van der Waals surface area contributed by atoms with Gasteiger partial charge < -0.3 is 19.6 Å². The van der Waals surface area contributed by atoms with E-state index in [1.807, 2.05) is 12.1 Å². The van der Waals surface area contributed by atoms with Gasteiger partial charge in [-0.15, -0.1) is 0 Å². The van der Waals surface area contributed by atoms with Crippen molar-refractivity contribution in [2.24, 2.45) is 0 Å². The third-order valence-corrected chi connectivity index (χ3v) is 4.79. The number of amides is 1. The molecule has 0 saturated carbocycles. The van der Waals surface area contributed by atoms with Gasteiger partial charge in [0.05, 0.1) is 7.11 Å². The van der Waals surface area contributed by atoms with Crippen LogP contribution in [0.1, 0.15) is 51.5 Å². The molecule has 3 rings (SSSR count). The normalized spacial score (nSPS) is 12.5. The molecule has 2 aromatic rings. The molecule has 0 saturated heterocycles. The number of rotatable bonds is 8. The first kappa shape index (κ1) is 21.1. The number of hydrogen-bond donors (Lipinski definition) is 2. The number of carboxylic acid groups (broad SMARTS) is 1. The summed E-state index contributed by atoms with van der Waals surface area (Å²) in [5.41, 5.74) is 3.04. The highest BCUT2D eigenvalue weighted by molar-refractivity contribution is 5.92. The molecule has 0 atom stereocenters. The Bertz CT molecular complexity index is 1060. The van der Waals surface area contributed by atoms with Crippen molar-refractivity contribution in [2.45, 2.75) is 25.7 Å². The molecule has 30 heavy (non-hydrogen) atoms. The lowest BCUT2D eigenvalue weighted by Crippen LogP contribution is -2.26. The number of benzene rings is 1. The van der Waals surface area contributed by atoms with Crippen molar-refractivity contribution in [3.8, 4) is 5.75 Å². The standard InChI is InChI=1S/C23H23NO6/c1-29-18-10-9-16-7-3-2-6-15(19(16)14-18)8-4-5-11-24-22(26)20-12-17(25)13-21(30-20)23(27)28/h2-3,6,9-10,12-14H,4-5,7-8,11H2,1H3,(H,24,26)(H,27,28). The number of carbonyl (C=O) groups excluding carboxylic acids is 1. The summed E-state index contributed by atoms with van der Waals surface area (Å²) in [6.45, 7) is 0.383. The molecule has 0 radical (unpaired) electrons. The molecule has 1 aromatic carbocycles. The van der Waals surface area contributed by atoms with Crippen LogP contribution in [-0.4, -0.2) is 30.6 Å². The van der Waals surface area contributed by atoms with E-state index in [1.165, 1.54) is 16.7 Å². The fourth-order valence-corrected chi connectivity index (χ4v) is 3.27. The Labute approximate surface area is 173 Å². The van der Waals surface area contributed by atoms with Crippen LogP contribution >= 0.6 is 0 Å². The van der Waals surface area contributed by atoms with Crippen LogP contribution in [0.15, 0.2) is 57.8 Å². The van der Waals surface area contributed by atoms with Crippen molar-refractivity contribution in [3.05, 3.63) is 81.4 Å². The molecule has 1 aliphatic rings. The summed E-state index contributed by atoms with van der Waals surface area (Å²) < 4.78 is 10.3. The number of fused-ring (bicyclic) bond motifs is 1. The highest BCUT2D eigenvalue weighted by Gasteiger charge is 2.15. The molecular formula is C23H23NO6. The third-order valence-electron chi connectivity index (χ3n) is 4.79. The zero-order valence-corrected chi connectivity index (χ0v) is 16.6. The zero-order valence-electron chi connectivity index (χ0n) is 16.6. The van der Waals surface area contributed by atoms with Crippen molar-refractivity contribution in [2.75, 3.05) is 13.7 Å². The summed E-state index contributed by atoms with van der Waals surface area (Å²) in [7, 11) is 1.65. The van der Waals surface area contributed by atoms with E-state index in [0.29, 0.717) is 6.54 Å². The number of methoxy groups -OCH3 is 1. The highest BCUT2D eigenvalue weighted by atomic mass is 16.5. The van der Waals surface area contributed by atoms with E-state index in [-0.39, 0.29) is 5.76 Å². The molecule has 156 valence electrons. The fraction of sp³-hybridized carbons (Fsp3) is 0.261. The fourth-order valence-electron chi connectivity index (χ4n) is 3.27. The number of allylic oxidation sites excluding steroid dienone is 4. The quantitative estimate of drug-likeness (QED) is 0.647. The molecule has 7 nitrogen and oxygen atoms in total. The van der Waals surface area contributed by atoms with Gasteiger partial charge in [0.1, 0.15) is 5.75 Å². The minimum atomic E-state index is -1.40. The predicted octanol–water partition coefficient (Wildman–Crippen LogP) is 3.44. The molecule has 1 aliphatic carbocycles. The first-order valence-corrected chi connectivity index (χ1v) is 9.67. The lowest BCUT2D eigenvalue weighted by atomic mass is 9.95. The molecule has 7 heteroatoms. The van der Waals surface area contributed by atoms with E-state index < -0.39 is 23.1 Å². The zero-order chi connectivity index (χ0) is 21.5. The smallest absolute Gasteiger partial charge is 0.371 e. The molecule has 0 spiro atoms. The van der Waals surface area contributed by atoms with Gasteiger partial charge in [-0.2, -0.15) is 0 Å². The number of unbranched alkanes of at least 4 members (excludes halogenated alkanes) is 1. The van der Waals surface area contributed by atoms with E-state index >= 15 is 0 Å². The number of ether oxygens (including phenoxy) is 1. The topological polar surface area (TPSA) is 106 Å². The van der Waals surface area contributed by atoms with Crippen molar-refractivity contribution in [3.63, 3.8) is 0 Å². The van der Waals surface area contributed by atoms with E-state index in [2.05, 4.69) is 29.6 Å². The van der Waals surface area contributed by atoms with Gasteiger partial charge in [-0.05, 0) is 54.5 Å². The van der Waals surface area contributed by atoms with Crippen LogP contribution in [0.3, 0.4) is 0 Å². The van der Waals surface area contributed by atoms with Gasteiger partial charge in [0.25, 0.3) is 5.91 Å². The Balaban J connectivity index is 1.54. The minimum absolute atomic E-state index is 0.308. The van der Waals surface area contributed by atoms with Crippen molar-refractivity contribution >= 4 is 17.4 Å². The van der Waals surface area contributed by atoms with Crippen molar-refractivity contribution < 1.29 is 23.8 Å². The number of hydrogen-bond acceptors (Lipinski definition) is 5. The Morgan fingerprint density at radius 3 is 2.73 bits per heavy atom. The minimum Gasteiger partial charge on any atom is -0.497 e. The Morgan fingerprint density at radius 2 is 1.97 bits per heavy atom. The second-order valence-corrected chi connectivity index (χ2v) is 6.89. The average Bonchev–Trinajstić information content (AvgIpc) is 2.94. The maximum Gasteiger partial charge on any atom is 0.371 e. The highest BCUT2D eigenvalue weighted by Crippen LogP contribution is 2.30. The van der Waals surface area contributed by atoms with Gasteiger partial charge in [-0.25, -0.2) is 4.79 Å². The van der Waals surface area contributed by atoms with Crippen LogP contribution in [0.5, 0.6) is 5.75 Å². The average molecular weight is 409 g/mol. The van der Waals surface area contributed by atoms with E-state index in [0.717, 1.165) is 43.6 Å². The lowest BCUT2D eigenvalue weighted by molar-refractivity contribution is 0.0655. The molecule has 1 aromatic heterocycles. The summed E-state index contributed by atoms with van der Waals surface area (Å²) in [6.07, 6.45) is 9.55. The SMILES string of the molecule is COc1ccc2c(c1)C(CCCCNC(=O)c1cc(=O)cc(C(=O)O)o1)=CC=CC2. The Kier molecular flexibility index (Phi) is 6.85. The monoisotopic (exact) mass is 409 g/mol. The molecule has 1 heterocycles. The molecule has 0 fully saturated rings. The predicted molar refractivity (Wildman–Crippen MR) is 112 cm³/mol. The maximum atomic E-state index is 12.1. The van der Waals surface area contributed by atoms with Crippen molar-refractivity contribution in [1.82, 2.24) is 5.32 Å². The summed E-state index contributed by atoms with van der Waals surface area (Å²) in [4.78, 5) is 34.6. The van der Waals surface area contributed by atoms with Gasteiger partial charge in [-0.3, -0.25) is 9.59 Å². The van der Waals surface area contributed by atoms with E-state index in [4.69, 9.17) is 14.3 Å². The van der Waals surface area contributed by atoms with Gasteiger partial charge in [-0.1, -0.05) is 24.3 Å². The van der Waals surface area contributed by atoms with E-state index in [9.17, 15) is 14.4 Å². The van der Waals surface area contributed by atoms with Gasteiger partial charge in [0.15, 0.2) is 11.2 Å². The molecular weight excluding hydrogens is 386 g/mol. The number of carboxylic acids is 1. The molecule has 0 aliphatic heterocycles. The summed E-state index contributed by atoms with van der Waals surface area (Å²) in [5, 5.41) is 11.6. The number of aromatic carboxylic acids is 1. The second-order valence-electron chi connectivity index (χ2n) is 6.89. The van der Waals surface area contributed by atoms with Crippen LogP contribution < -0.4 is 15.5 Å². The van der Waals surface area contributed by atoms with E-state index in [1.54, 1.807) is 7.11 Å². The summed E-state index contributed by atoms with van der Waals surface area (Å²) >= 11 is 0. The van der Waals surface area contributed by atoms with Gasteiger partial charge in [0.2, 0.25) is 5.76 Å². The number of carbonyl (C=O) groups is 2. The van der Waals surface area contributed by atoms with Crippen LogP contribution in [0, 0.1) is 0 Å². The van der Waals surface area contributed by atoms with Crippen LogP contribution in [0.2, 0.25) is 0 Å². The maximum absolute atomic E-state index is 12.1. The first-order chi connectivity index (χ1) is 14.5. The molecule has 0 bridgehead atoms. The Morgan fingerprint density at radius 1 is 1.17 bits per heavy atom.